The van der Waals surface area contributed by atoms with E-state index in [1.807, 2.05) is 18.2 Å². The van der Waals surface area contributed by atoms with Crippen molar-refractivity contribution in [2.24, 2.45) is 0 Å². The molecule has 0 bridgehead atoms. The molecule has 0 saturated carbocycles. The number of aromatic nitrogens is 1. The second-order valence-electron chi connectivity index (χ2n) is 3.84. The first kappa shape index (κ1) is 10.9. The molecule has 2 amide bonds. The van der Waals surface area contributed by atoms with Crippen LogP contribution in [-0.2, 0) is 6.54 Å². The van der Waals surface area contributed by atoms with E-state index in [9.17, 15) is 4.79 Å². The largest absolute Gasteiger partial charge is 0.334 e. The van der Waals surface area contributed by atoms with Crippen LogP contribution in [0.2, 0.25) is 0 Å². The summed E-state index contributed by atoms with van der Waals surface area (Å²) >= 11 is 0. The van der Waals surface area contributed by atoms with Crippen LogP contribution in [0.4, 0.5) is 4.79 Å². The average Bonchev–Trinajstić information content (AvgIpc) is 2.81. The van der Waals surface area contributed by atoms with Gasteiger partial charge in [0.05, 0.1) is 12.2 Å². The third-order valence-electron chi connectivity index (χ3n) is 2.55. The molecule has 5 nitrogen and oxygen atoms in total. The Bertz CT molecular complexity index is 335. The van der Waals surface area contributed by atoms with Crippen molar-refractivity contribution in [1.82, 2.24) is 20.9 Å². The van der Waals surface area contributed by atoms with Crippen molar-refractivity contribution in [3.8, 4) is 0 Å². The Kier molecular flexibility index (Phi) is 3.71. The number of hydrogen-bond acceptors (Lipinski definition) is 3. The lowest BCUT2D eigenvalue weighted by atomic mass is 10.3. The third-order valence-corrected chi connectivity index (χ3v) is 2.55. The summed E-state index contributed by atoms with van der Waals surface area (Å²) in [5, 5.41) is 8.89. The van der Waals surface area contributed by atoms with Crippen molar-refractivity contribution in [1.29, 1.82) is 0 Å². The van der Waals surface area contributed by atoms with Crippen molar-refractivity contribution >= 4 is 6.03 Å². The molecule has 0 radical (unpaired) electrons. The monoisotopic (exact) mass is 220 g/mol. The zero-order chi connectivity index (χ0) is 11.2. The van der Waals surface area contributed by atoms with Crippen LogP contribution < -0.4 is 16.0 Å². The van der Waals surface area contributed by atoms with Gasteiger partial charge >= 0.3 is 6.03 Å². The number of pyridine rings is 1. The highest BCUT2D eigenvalue weighted by Gasteiger charge is 2.15. The SMILES string of the molecule is O=C(NCc1ccccn1)NC1CCNC1. The Morgan fingerprint density at radius 3 is 3.19 bits per heavy atom. The van der Waals surface area contributed by atoms with E-state index in [4.69, 9.17) is 0 Å². The average molecular weight is 220 g/mol. The molecule has 1 saturated heterocycles. The Hall–Kier alpha value is -1.62. The van der Waals surface area contributed by atoms with E-state index in [0.29, 0.717) is 6.54 Å². The molecule has 1 aromatic rings. The molecule has 0 aromatic carbocycles. The molecule has 2 heterocycles. The topological polar surface area (TPSA) is 66.0 Å². The van der Waals surface area contributed by atoms with Gasteiger partial charge < -0.3 is 16.0 Å². The molecule has 1 aromatic heterocycles. The van der Waals surface area contributed by atoms with E-state index in [-0.39, 0.29) is 12.1 Å². The molecule has 3 N–H and O–H groups in total. The third kappa shape index (κ3) is 3.20. The Balaban J connectivity index is 1.71. The number of carbonyl (C=O) groups excluding carboxylic acids is 1. The van der Waals surface area contributed by atoms with Gasteiger partial charge in [0.25, 0.3) is 0 Å². The minimum absolute atomic E-state index is 0.126. The van der Waals surface area contributed by atoms with Gasteiger partial charge in [0.2, 0.25) is 0 Å². The number of rotatable bonds is 3. The van der Waals surface area contributed by atoms with Crippen LogP contribution in [0.5, 0.6) is 0 Å². The van der Waals surface area contributed by atoms with Crippen molar-refractivity contribution in [3.05, 3.63) is 30.1 Å². The zero-order valence-corrected chi connectivity index (χ0v) is 9.07. The van der Waals surface area contributed by atoms with Gasteiger partial charge in [-0.25, -0.2) is 4.79 Å². The smallest absolute Gasteiger partial charge is 0.315 e. The van der Waals surface area contributed by atoms with Crippen LogP contribution in [0.3, 0.4) is 0 Å². The molecule has 16 heavy (non-hydrogen) atoms. The van der Waals surface area contributed by atoms with E-state index in [0.717, 1.165) is 25.2 Å². The maximum absolute atomic E-state index is 11.5. The van der Waals surface area contributed by atoms with Gasteiger partial charge in [-0.15, -0.1) is 0 Å². The van der Waals surface area contributed by atoms with Gasteiger partial charge in [0.15, 0.2) is 0 Å². The van der Waals surface area contributed by atoms with E-state index in [1.165, 1.54) is 0 Å². The van der Waals surface area contributed by atoms with Crippen LogP contribution in [0, 0.1) is 0 Å². The molecule has 1 aliphatic rings. The predicted molar refractivity (Wildman–Crippen MR) is 60.9 cm³/mol. The minimum atomic E-state index is -0.126. The van der Waals surface area contributed by atoms with E-state index < -0.39 is 0 Å². The predicted octanol–water partition coefficient (Wildman–Crippen LogP) is 0.243. The molecule has 1 aliphatic heterocycles. The second-order valence-corrected chi connectivity index (χ2v) is 3.84. The lowest BCUT2D eigenvalue weighted by Crippen LogP contribution is -2.42. The fraction of sp³-hybridized carbons (Fsp3) is 0.455. The van der Waals surface area contributed by atoms with Crippen LogP contribution in [-0.4, -0.2) is 30.1 Å². The summed E-state index contributed by atoms with van der Waals surface area (Å²) < 4.78 is 0. The molecule has 0 spiro atoms. The molecular formula is C11H16N4O. The molecule has 0 aliphatic carbocycles. The van der Waals surface area contributed by atoms with Gasteiger partial charge in [-0.1, -0.05) is 6.07 Å². The first-order valence-corrected chi connectivity index (χ1v) is 5.49. The summed E-state index contributed by atoms with van der Waals surface area (Å²) in [7, 11) is 0. The summed E-state index contributed by atoms with van der Waals surface area (Å²) in [6.07, 6.45) is 2.72. The number of carbonyl (C=O) groups is 1. The second kappa shape index (κ2) is 5.46. The van der Waals surface area contributed by atoms with Crippen LogP contribution in [0.1, 0.15) is 12.1 Å². The molecule has 5 heteroatoms. The molecular weight excluding hydrogens is 204 g/mol. The van der Waals surface area contributed by atoms with Gasteiger partial charge in [-0.2, -0.15) is 0 Å². The lowest BCUT2D eigenvalue weighted by molar-refractivity contribution is 0.237. The number of nitrogens with zero attached hydrogens (tertiary/aromatic N) is 1. The molecule has 1 unspecified atom stereocenters. The zero-order valence-electron chi connectivity index (χ0n) is 9.07. The van der Waals surface area contributed by atoms with E-state index in [1.54, 1.807) is 6.20 Å². The maximum atomic E-state index is 11.5. The molecule has 1 atom stereocenters. The van der Waals surface area contributed by atoms with Crippen molar-refractivity contribution in [2.45, 2.75) is 19.0 Å². The highest BCUT2D eigenvalue weighted by Crippen LogP contribution is 1.97. The summed E-state index contributed by atoms with van der Waals surface area (Å²) in [6, 6.07) is 5.77. The summed E-state index contributed by atoms with van der Waals surface area (Å²) in [5.74, 6) is 0. The Labute approximate surface area is 94.6 Å². The summed E-state index contributed by atoms with van der Waals surface area (Å²) in [4.78, 5) is 15.6. The molecule has 2 rings (SSSR count). The Morgan fingerprint density at radius 2 is 2.50 bits per heavy atom. The highest BCUT2D eigenvalue weighted by atomic mass is 16.2. The van der Waals surface area contributed by atoms with E-state index >= 15 is 0 Å². The number of hydrogen-bond donors (Lipinski definition) is 3. The van der Waals surface area contributed by atoms with Crippen molar-refractivity contribution in [2.75, 3.05) is 13.1 Å². The van der Waals surface area contributed by atoms with E-state index in [2.05, 4.69) is 20.9 Å². The Morgan fingerprint density at radius 1 is 1.56 bits per heavy atom. The summed E-state index contributed by atoms with van der Waals surface area (Å²) in [6.45, 7) is 2.30. The van der Waals surface area contributed by atoms with Gasteiger partial charge in [0.1, 0.15) is 0 Å². The van der Waals surface area contributed by atoms with Gasteiger partial charge in [-0.3, -0.25) is 4.98 Å². The van der Waals surface area contributed by atoms with Crippen molar-refractivity contribution in [3.63, 3.8) is 0 Å². The number of amides is 2. The summed E-state index contributed by atoms with van der Waals surface area (Å²) in [5.41, 5.74) is 0.863. The van der Waals surface area contributed by atoms with Crippen molar-refractivity contribution < 1.29 is 4.79 Å². The maximum Gasteiger partial charge on any atom is 0.315 e. The first-order valence-electron chi connectivity index (χ1n) is 5.49. The van der Waals surface area contributed by atoms with Crippen LogP contribution in [0.25, 0.3) is 0 Å². The highest BCUT2D eigenvalue weighted by molar-refractivity contribution is 5.74. The lowest BCUT2D eigenvalue weighted by Gasteiger charge is -2.12. The fourth-order valence-electron chi connectivity index (χ4n) is 1.69. The normalized spacial score (nSPS) is 19.4. The van der Waals surface area contributed by atoms with Crippen LogP contribution >= 0.6 is 0 Å². The quantitative estimate of drug-likeness (QED) is 0.683. The van der Waals surface area contributed by atoms with Gasteiger partial charge in [-0.05, 0) is 25.1 Å². The number of nitrogens with one attached hydrogen (secondary N) is 3. The van der Waals surface area contributed by atoms with Crippen LogP contribution in [0.15, 0.2) is 24.4 Å². The fourth-order valence-corrected chi connectivity index (χ4v) is 1.69. The minimum Gasteiger partial charge on any atom is -0.334 e. The first-order chi connectivity index (χ1) is 7.84. The molecule has 86 valence electrons. The molecule has 1 fully saturated rings. The van der Waals surface area contributed by atoms with Gasteiger partial charge in [0, 0.05) is 18.8 Å². The standard InChI is InChI=1S/C11H16N4O/c16-11(15-10-4-6-12-7-10)14-8-9-3-1-2-5-13-9/h1-3,5,10,12H,4,6-8H2,(H2,14,15,16). The number of urea groups is 1.